The number of rotatable bonds is 23. The molecule has 1 radical (unpaired) electrons. The van der Waals surface area contributed by atoms with Crippen molar-refractivity contribution < 1.29 is 55.3 Å². The van der Waals surface area contributed by atoms with Crippen LogP contribution in [0.1, 0.15) is 17.2 Å². The predicted molar refractivity (Wildman–Crippen MR) is 347 cm³/mol. The molecule has 0 atom stereocenters. The van der Waals surface area contributed by atoms with Crippen molar-refractivity contribution in [2.45, 2.75) is 9.79 Å². The van der Waals surface area contributed by atoms with E-state index in [-0.39, 0.29) is 189 Å². The number of sulfonamides is 3. The van der Waals surface area contributed by atoms with Gasteiger partial charge in [0.25, 0.3) is 10.1 Å². The third-order valence-corrected chi connectivity index (χ3v) is 19.3. The van der Waals surface area contributed by atoms with Crippen LogP contribution in [0, 0.1) is 0 Å². The third kappa shape index (κ3) is 16.6. The molecule has 93 heavy (non-hydrogen) atoms. The van der Waals surface area contributed by atoms with Gasteiger partial charge in [-0.3, -0.25) is 4.55 Å². The van der Waals surface area contributed by atoms with E-state index in [2.05, 4.69) is 87.1 Å². The van der Waals surface area contributed by atoms with Gasteiger partial charge >= 0.3 is 0 Å². The van der Waals surface area contributed by atoms with Crippen molar-refractivity contribution in [1.29, 1.82) is 0 Å². The largest absolute Gasteiger partial charge is 0.342 e. The Bertz CT molecular complexity index is 5070. The van der Waals surface area contributed by atoms with Crippen molar-refractivity contribution in [3.8, 4) is 22.8 Å². The van der Waals surface area contributed by atoms with Gasteiger partial charge in [0, 0.05) is 111 Å². The number of aromatic amines is 2. The second-order valence-corrected chi connectivity index (χ2v) is 28.1. The van der Waals surface area contributed by atoms with Gasteiger partial charge < -0.3 is 24.7 Å². The number of anilines is 3. The number of H-pyrrole nitrogens is 2. The van der Waals surface area contributed by atoms with E-state index >= 15 is 0 Å². The molecular weight excluding hydrogens is 1470 g/mol. The van der Waals surface area contributed by atoms with E-state index in [9.17, 15) is 38.2 Å². The van der Waals surface area contributed by atoms with Crippen LogP contribution >= 0.6 is 69.6 Å². The molecule has 8 heterocycles. The van der Waals surface area contributed by atoms with Gasteiger partial charge in [-0.15, -0.1) is 0 Å². The maximum absolute atomic E-state index is 14.1. The number of halogens is 6. The number of allylic oxidation sites excluding steroid dienone is 4. The van der Waals surface area contributed by atoms with E-state index in [1.54, 1.807) is 21.1 Å². The van der Waals surface area contributed by atoms with Gasteiger partial charge in [0.2, 0.25) is 79.6 Å². The molecule has 489 valence electrons. The number of fused-ring (bicyclic) bond motifs is 14. The van der Waals surface area contributed by atoms with Gasteiger partial charge in [-0.1, -0.05) is 13.2 Å². The molecule has 0 spiro atoms. The maximum Gasteiger partial charge on any atom is 0.294 e. The number of aromatic nitrogens is 17. The minimum Gasteiger partial charge on any atom is -0.342 e. The summed E-state index contributed by atoms with van der Waals surface area (Å²) >= 11 is 35.7. The first-order valence-corrected chi connectivity index (χ1v) is 34.1. The molecule has 2 aromatic carbocycles. The summed E-state index contributed by atoms with van der Waals surface area (Å²) in [5, 5.41) is -0.564. The Morgan fingerprint density at radius 1 is 0.548 bits per heavy atom. The van der Waals surface area contributed by atoms with Crippen molar-refractivity contribution in [2.24, 2.45) is 0 Å². The molecular formula is C50H43Cl6CuN23O9S4. The second kappa shape index (κ2) is 28.3. The Kier molecular flexibility index (Phi) is 21.2. The summed E-state index contributed by atoms with van der Waals surface area (Å²) < 4.78 is 127. The van der Waals surface area contributed by atoms with E-state index in [1.807, 2.05) is 0 Å². The second-order valence-electron chi connectivity index (χ2n) is 19.3. The van der Waals surface area contributed by atoms with Gasteiger partial charge in [0.05, 0.1) is 19.6 Å². The van der Waals surface area contributed by atoms with Gasteiger partial charge in [-0.25, -0.2) is 69.3 Å². The molecule has 0 aliphatic carbocycles. The average Bonchev–Trinajstić information content (AvgIpc) is 1.63. The summed E-state index contributed by atoms with van der Waals surface area (Å²) in [7, 11) is -13.1. The van der Waals surface area contributed by atoms with Crippen LogP contribution in [0.15, 0.2) is 93.5 Å². The minimum atomic E-state index is -4.91. The van der Waals surface area contributed by atoms with Crippen LogP contribution in [0.4, 0.5) is 17.8 Å². The molecule has 0 amide bonds. The molecule has 43 heteroatoms. The van der Waals surface area contributed by atoms with E-state index in [0.29, 0.717) is 5.39 Å². The topological polar surface area (TPSA) is 428 Å². The molecule has 0 saturated heterocycles. The SMILES string of the molecule is C=C/C(=C\c1cc2nc3nc(nc4[nH]c(nc5nc(nc1[nH]2)C(/C=C\C(=C)S(=O)(=O)NCCN(C)c1nc(Cl)nc(Cl)n1)=C5)c1ccc(S(=O)(=O)NCCN(C)c2nc(Cl)nc(Cl)n2)cc41)-c1ccc(S(=O)(=O)NCCN(C)c2nc(Cl)nc(Cl)n2)cc1-3)S(=O)(=O)O.[Cu]. The summed E-state index contributed by atoms with van der Waals surface area (Å²) in [6.45, 7) is 6.93. The number of nitrogens with one attached hydrogen (secondary N) is 5. The van der Waals surface area contributed by atoms with Crippen LogP contribution in [-0.4, -0.2) is 183 Å². The summed E-state index contributed by atoms with van der Waals surface area (Å²) in [5.41, 5.74) is 0.279. The van der Waals surface area contributed by atoms with E-state index in [4.69, 9.17) is 94.5 Å². The summed E-state index contributed by atoms with van der Waals surface area (Å²) in [5.74, 6) is -0.192. The Labute approximate surface area is 568 Å². The Hall–Kier alpha value is -7.43. The molecule has 2 aliphatic heterocycles. The molecule has 8 aromatic rings. The van der Waals surface area contributed by atoms with E-state index < -0.39 is 50.0 Å². The fourth-order valence-electron chi connectivity index (χ4n) is 8.53. The first-order valence-electron chi connectivity index (χ1n) is 26.0. The number of hydrogen-bond acceptors (Lipinski definition) is 26. The monoisotopic (exact) mass is 1510 g/mol. The van der Waals surface area contributed by atoms with Gasteiger partial charge in [0.1, 0.15) is 22.6 Å². The van der Waals surface area contributed by atoms with Crippen molar-refractivity contribution in [1.82, 2.24) is 98.9 Å². The van der Waals surface area contributed by atoms with Crippen LogP contribution in [0.3, 0.4) is 0 Å². The standard InChI is InChI=1S/C50H43Cl6N23O9S4.Cu/c1-6-27(92(86,87)88)19-26-21-35-61-37(26)64-36-25(8-7-24(2)89(80,81)57-13-16-77(3)48-71-42(51)68-43(52)72-48)20-34(60-36)62-38-30-11-9-29(91(84,85)59-15-18-79(5)50-75-46(55)70-47(56)76-50)23-33(30)41(65-38)67-39-31-12-10-28(22-32(31)40(63-35)66-39)90(82,83)58-14-17-78(4)49-73-44(53)69-45(54)74-49;/h6-12,19-23,57-59H,1-2,13-18H2,3-5H3,(H,86,87,88)(H2,60,61,62,63,64,65,66,67);/b8-7-,27-19+;. The fourth-order valence-corrected chi connectivity index (χ4v) is 13.0. The van der Waals surface area contributed by atoms with Crippen LogP contribution in [0.25, 0.3) is 73.9 Å². The van der Waals surface area contributed by atoms with Crippen LogP contribution in [0.2, 0.25) is 31.7 Å². The Balaban J connectivity index is 0.0000102. The summed E-state index contributed by atoms with van der Waals surface area (Å²) in [4.78, 5) is 72.9. The van der Waals surface area contributed by atoms with Crippen molar-refractivity contribution in [3.63, 3.8) is 0 Å². The Morgan fingerprint density at radius 2 is 1.03 bits per heavy atom. The summed E-state index contributed by atoms with van der Waals surface area (Å²) in [6.07, 6.45) is 5.82. The average molecular weight is 1510 g/mol. The number of nitrogens with zero attached hydrogens (tertiary/aromatic N) is 18. The van der Waals surface area contributed by atoms with Gasteiger partial charge in [0.15, 0.2) is 23.3 Å². The quantitative estimate of drug-likeness (QED) is 0.0251. The third-order valence-electron chi connectivity index (χ3n) is 13.0. The van der Waals surface area contributed by atoms with Crippen LogP contribution < -0.4 is 28.9 Å². The van der Waals surface area contributed by atoms with E-state index in [1.165, 1.54) is 69.3 Å². The molecule has 2 aliphatic rings. The summed E-state index contributed by atoms with van der Waals surface area (Å²) in [6, 6.07) is 9.49. The molecule has 6 aromatic heterocycles. The fraction of sp³-hybridized carbons (Fsp3) is 0.180. The number of hydrogen-bond donors (Lipinski definition) is 6. The van der Waals surface area contributed by atoms with Crippen molar-refractivity contribution >= 4 is 179 Å². The molecule has 8 bridgehead atoms. The van der Waals surface area contributed by atoms with Crippen LogP contribution in [0.5, 0.6) is 0 Å². The predicted octanol–water partition coefficient (Wildman–Crippen LogP) is 5.77. The maximum atomic E-state index is 14.1. The van der Waals surface area contributed by atoms with Gasteiger partial charge in [-0.05, 0) is 142 Å². The molecule has 10 rings (SSSR count). The van der Waals surface area contributed by atoms with Crippen molar-refractivity contribution in [2.75, 3.05) is 75.1 Å². The zero-order chi connectivity index (χ0) is 66.2. The molecule has 0 fully saturated rings. The smallest absolute Gasteiger partial charge is 0.294 e. The molecule has 32 nitrogen and oxygen atoms in total. The zero-order valence-corrected chi connectivity index (χ0v) is 56.3. The van der Waals surface area contributed by atoms with Crippen LogP contribution in [-0.2, 0) is 57.3 Å². The molecule has 0 saturated carbocycles. The first kappa shape index (κ1) is 69.9. The Morgan fingerprint density at radius 3 is 1.56 bits per heavy atom. The van der Waals surface area contributed by atoms with E-state index in [0.717, 1.165) is 18.2 Å². The first-order chi connectivity index (χ1) is 43.4. The normalized spacial score (nSPS) is 12.8. The number of likely N-dealkylation sites (N-methyl/N-ethyl adjacent to an activating group) is 3. The van der Waals surface area contributed by atoms with Crippen molar-refractivity contribution in [3.05, 3.63) is 133 Å². The molecule has 6 N–H and O–H groups in total. The zero-order valence-electron chi connectivity index (χ0n) is 47.6. The van der Waals surface area contributed by atoms with Gasteiger partial charge in [-0.2, -0.15) is 53.3 Å². The number of benzene rings is 2. The molecule has 0 unspecified atom stereocenters. The minimum absolute atomic E-state index is 0.